The molecule has 1 amide bonds. The van der Waals surface area contributed by atoms with Crippen LogP contribution in [0.1, 0.15) is 37.6 Å². The van der Waals surface area contributed by atoms with Crippen molar-refractivity contribution in [2.45, 2.75) is 32.7 Å². The van der Waals surface area contributed by atoms with Crippen LogP contribution in [0, 0.1) is 5.92 Å². The van der Waals surface area contributed by atoms with Gasteiger partial charge in [-0.2, -0.15) is 0 Å². The molecular weight excluding hydrogens is 220 g/mol. The lowest BCUT2D eigenvalue weighted by Crippen LogP contribution is -2.26. The lowest BCUT2D eigenvalue weighted by molar-refractivity contribution is -0.122. The van der Waals surface area contributed by atoms with Crippen LogP contribution in [0.2, 0.25) is 0 Å². The van der Waals surface area contributed by atoms with Gasteiger partial charge in [0, 0.05) is 11.3 Å². The molecule has 4 heteroatoms. The summed E-state index contributed by atoms with van der Waals surface area (Å²) in [5, 5.41) is 5.01. The van der Waals surface area contributed by atoms with Gasteiger partial charge in [0.1, 0.15) is 0 Å². The van der Waals surface area contributed by atoms with E-state index in [9.17, 15) is 4.79 Å². The zero-order valence-corrected chi connectivity index (χ0v) is 10.7. The SMILES string of the molecule is CC(CN)CCC(=O)N[C@H](C)c1cccs1. The van der Waals surface area contributed by atoms with Gasteiger partial charge in [0.2, 0.25) is 5.91 Å². The van der Waals surface area contributed by atoms with E-state index in [4.69, 9.17) is 5.73 Å². The minimum atomic E-state index is 0.112. The average molecular weight is 240 g/mol. The smallest absolute Gasteiger partial charge is 0.220 e. The van der Waals surface area contributed by atoms with Gasteiger partial charge in [-0.15, -0.1) is 11.3 Å². The zero-order chi connectivity index (χ0) is 12.0. The summed E-state index contributed by atoms with van der Waals surface area (Å²) in [5.41, 5.74) is 5.51. The monoisotopic (exact) mass is 240 g/mol. The van der Waals surface area contributed by atoms with Crippen molar-refractivity contribution in [2.24, 2.45) is 11.7 Å². The summed E-state index contributed by atoms with van der Waals surface area (Å²) in [7, 11) is 0. The van der Waals surface area contributed by atoms with E-state index in [0.717, 1.165) is 6.42 Å². The molecule has 0 radical (unpaired) electrons. The molecular formula is C12H20N2OS. The molecule has 0 aliphatic carbocycles. The Morgan fingerprint density at radius 3 is 2.88 bits per heavy atom. The molecule has 90 valence electrons. The van der Waals surface area contributed by atoms with Crippen LogP contribution < -0.4 is 11.1 Å². The first-order valence-corrected chi connectivity index (χ1v) is 6.54. The number of rotatable bonds is 6. The van der Waals surface area contributed by atoms with Crippen LogP contribution in [0.4, 0.5) is 0 Å². The molecule has 0 aliphatic rings. The van der Waals surface area contributed by atoms with E-state index in [1.165, 1.54) is 4.88 Å². The van der Waals surface area contributed by atoms with Crippen LogP contribution in [-0.4, -0.2) is 12.5 Å². The minimum absolute atomic E-state index is 0.112. The highest BCUT2D eigenvalue weighted by Gasteiger charge is 2.11. The van der Waals surface area contributed by atoms with Crippen molar-refractivity contribution < 1.29 is 4.79 Å². The molecule has 1 rings (SSSR count). The van der Waals surface area contributed by atoms with Crippen LogP contribution in [0.25, 0.3) is 0 Å². The maximum atomic E-state index is 11.6. The first-order valence-electron chi connectivity index (χ1n) is 5.66. The Kier molecular flexibility index (Phi) is 5.49. The van der Waals surface area contributed by atoms with E-state index in [1.807, 2.05) is 24.4 Å². The summed E-state index contributed by atoms with van der Waals surface area (Å²) < 4.78 is 0. The van der Waals surface area contributed by atoms with Crippen LogP contribution in [0.15, 0.2) is 17.5 Å². The Balaban J connectivity index is 2.29. The van der Waals surface area contributed by atoms with Crippen LogP contribution >= 0.6 is 11.3 Å². The van der Waals surface area contributed by atoms with E-state index in [1.54, 1.807) is 11.3 Å². The standard InChI is InChI=1S/C12H20N2OS/c1-9(8-13)5-6-12(15)14-10(2)11-4-3-7-16-11/h3-4,7,9-10H,5-6,8,13H2,1-2H3,(H,14,15)/t9?,10-/m1/s1. The number of hydrogen-bond donors (Lipinski definition) is 2. The van der Waals surface area contributed by atoms with Crippen molar-refractivity contribution in [2.75, 3.05) is 6.54 Å². The topological polar surface area (TPSA) is 55.1 Å². The minimum Gasteiger partial charge on any atom is -0.349 e. The van der Waals surface area contributed by atoms with E-state index in [-0.39, 0.29) is 11.9 Å². The largest absolute Gasteiger partial charge is 0.349 e. The Bertz CT molecular complexity index is 311. The fraction of sp³-hybridized carbons (Fsp3) is 0.583. The maximum absolute atomic E-state index is 11.6. The van der Waals surface area contributed by atoms with Gasteiger partial charge < -0.3 is 11.1 Å². The summed E-state index contributed by atoms with van der Waals surface area (Å²) in [4.78, 5) is 12.8. The van der Waals surface area contributed by atoms with Crippen molar-refractivity contribution >= 4 is 17.2 Å². The Morgan fingerprint density at radius 1 is 1.56 bits per heavy atom. The van der Waals surface area contributed by atoms with Gasteiger partial charge in [0.05, 0.1) is 6.04 Å². The number of amides is 1. The molecule has 1 heterocycles. The van der Waals surface area contributed by atoms with E-state index < -0.39 is 0 Å². The second-order valence-electron chi connectivity index (χ2n) is 4.18. The highest BCUT2D eigenvalue weighted by atomic mass is 32.1. The van der Waals surface area contributed by atoms with Crippen LogP contribution in [-0.2, 0) is 4.79 Å². The van der Waals surface area contributed by atoms with E-state index >= 15 is 0 Å². The number of hydrogen-bond acceptors (Lipinski definition) is 3. The van der Waals surface area contributed by atoms with Gasteiger partial charge in [0.25, 0.3) is 0 Å². The third-order valence-electron chi connectivity index (χ3n) is 2.61. The van der Waals surface area contributed by atoms with E-state index in [2.05, 4.69) is 12.2 Å². The lowest BCUT2D eigenvalue weighted by atomic mass is 10.1. The second-order valence-corrected chi connectivity index (χ2v) is 5.16. The molecule has 0 aliphatic heterocycles. The molecule has 3 nitrogen and oxygen atoms in total. The van der Waals surface area contributed by atoms with Gasteiger partial charge in [-0.3, -0.25) is 4.79 Å². The Labute approximate surface area is 101 Å². The lowest BCUT2D eigenvalue weighted by Gasteiger charge is -2.13. The van der Waals surface area contributed by atoms with Crippen LogP contribution in [0.5, 0.6) is 0 Å². The van der Waals surface area contributed by atoms with E-state index in [0.29, 0.717) is 18.9 Å². The van der Waals surface area contributed by atoms with Crippen molar-refractivity contribution in [3.63, 3.8) is 0 Å². The van der Waals surface area contributed by atoms with Crippen LogP contribution in [0.3, 0.4) is 0 Å². The predicted octanol–water partition coefficient (Wildman–Crippen LogP) is 2.30. The molecule has 1 aromatic rings. The molecule has 0 bridgehead atoms. The molecule has 1 aromatic heterocycles. The number of nitrogens with two attached hydrogens (primary N) is 1. The highest BCUT2D eigenvalue weighted by Crippen LogP contribution is 2.18. The summed E-state index contributed by atoms with van der Waals surface area (Å²) in [6, 6.07) is 4.15. The number of thiophene rings is 1. The predicted molar refractivity (Wildman–Crippen MR) is 68.3 cm³/mol. The van der Waals surface area contributed by atoms with Gasteiger partial charge >= 0.3 is 0 Å². The van der Waals surface area contributed by atoms with Crippen molar-refractivity contribution in [1.82, 2.24) is 5.32 Å². The third-order valence-corrected chi connectivity index (χ3v) is 3.67. The fourth-order valence-electron chi connectivity index (χ4n) is 1.42. The van der Waals surface area contributed by atoms with Gasteiger partial charge in [-0.25, -0.2) is 0 Å². The van der Waals surface area contributed by atoms with Gasteiger partial charge in [-0.1, -0.05) is 13.0 Å². The molecule has 0 aromatic carbocycles. The molecule has 16 heavy (non-hydrogen) atoms. The highest BCUT2D eigenvalue weighted by molar-refractivity contribution is 7.10. The molecule has 0 spiro atoms. The van der Waals surface area contributed by atoms with Crippen molar-refractivity contribution in [3.05, 3.63) is 22.4 Å². The first-order chi connectivity index (χ1) is 7.63. The summed E-state index contributed by atoms with van der Waals surface area (Å²) >= 11 is 1.67. The summed E-state index contributed by atoms with van der Waals surface area (Å²) in [6.45, 7) is 4.72. The number of carbonyl (C=O) groups is 1. The van der Waals surface area contributed by atoms with Crippen molar-refractivity contribution in [1.29, 1.82) is 0 Å². The average Bonchev–Trinajstić information content (AvgIpc) is 2.79. The number of nitrogens with one attached hydrogen (secondary N) is 1. The first kappa shape index (κ1) is 13.2. The quantitative estimate of drug-likeness (QED) is 0.801. The summed E-state index contributed by atoms with van der Waals surface area (Å²) in [6.07, 6.45) is 1.42. The molecule has 3 N–H and O–H groups in total. The molecule has 0 saturated heterocycles. The summed E-state index contributed by atoms with van der Waals surface area (Å²) in [5.74, 6) is 0.531. The fourth-order valence-corrected chi connectivity index (χ4v) is 2.15. The Hall–Kier alpha value is -0.870. The number of carbonyl (C=O) groups excluding carboxylic acids is 1. The molecule has 1 unspecified atom stereocenters. The molecule has 2 atom stereocenters. The molecule has 0 saturated carbocycles. The molecule has 0 fully saturated rings. The van der Waals surface area contributed by atoms with Gasteiger partial charge in [-0.05, 0) is 37.3 Å². The zero-order valence-electron chi connectivity index (χ0n) is 9.90. The normalized spacial score (nSPS) is 14.4. The Morgan fingerprint density at radius 2 is 2.31 bits per heavy atom. The van der Waals surface area contributed by atoms with Gasteiger partial charge in [0.15, 0.2) is 0 Å². The second kappa shape index (κ2) is 6.66. The maximum Gasteiger partial charge on any atom is 0.220 e. The van der Waals surface area contributed by atoms with Crippen molar-refractivity contribution in [3.8, 4) is 0 Å². The third kappa shape index (κ3) is 4.33.